The van der Waals surface area contributed by atoms with E-state index in [1.54, 1.807) is 24.3 Å². The average Bonchev–Trinajstić information content (AvgIpc) is 2.89. The van der Waals surface area contributed by atoms with Crippen molar-refractivity contribution in [2.75, 3.05) is 26.2 Å². The number of hydrogen-bond donors (Lipinski definition) is 1. The molecule has 1 aromatic carbocycles. The van der Waals surface area contributed by atoms with Gasteiger partial charge in [0.15, 0.2) is 0 Å². The molecule has 122 valence electrons. The molecule has 5 heteroatoms. The number of unbranched alkanes of at least 4 members (excludes halogenated alkanes) is 1. The number of nitrogens with zero attached hydrogens (tertiary/aromatic N) is 2. The summed E-state index contributed by atoms with van der Waals surface area (Å²) in [6.07, 6.45) is 1.48. The second-order valence-corrected chi connectivity index (χ2v) is 6.28. The van der Waals surface area contributed by atoms with Gasteiger partial charge in [-0.15, -0.1) is 0 Å². The second-order valence-electron chi connectivity index (χ2n) is 5.85. The summed E-state index contributed by atoms with van der Waals surface area (Å²) in [5.74, 6) is -0.0212. The molecule has 1 heterocycles. The maximum Gasteiger partial charge on any atom is 0.254 e. The molecule has 1 aliphatic heterocycles. The molecule has 1 saturated heterocycles. The van der Waals surface area contributed by atoms with E-state index in [-0.39, 0.29) is 11.9 Å². The van der Waals surface area contributed by atoms with Crippen LogP contribution < -0.4 is 0 Å². The lowest BCUT2D eigenvalue weighted by Gasteiger charge is -2.31. The van der Waals surface area contributed by atoms with Crippen LogP contribution in [0.2, 0.25) is 5.02 Å². The topological polar surface area (TPSA) is 43.8 Å². The molecule has 0 unspecified atom stereocenters. The lowest BCUT2D eigenvalue weighted by Crippen LogP contribution is -2.47. The average molecular weight is 325 g/mol. The Morgan fingerprint density at radius 2 is 2.00 bits per heavy atom. The smallest absolute Gasteiger partial charge is 0.254 e. The third-order valence-electron chi connectivity index (χ3n) is 4.29. The molecule has 1 aromatic rings. The minimum atomic E-state index is -0.479. The zero-order valence-electron chi connectivity index (χ0n) is 13.3. The van der Waals surface area contributed by atoms with E-state index in [2.05, 4.69) is 18.7 Å². The molecule has 4 nitrogen and oxygen atoms in total. The number of aliphatic hydroxyl groups is 1. The van der Waals surface area contributed by atoms with Crippen LogP contribution >= 0.6 is 11.6 Å². The number of halogens is 1. The lowest BCUT2D eigenvalue weighted by molar-refractivity contribution is 0.0500. The Morgan fingerprint density at radius 1 is 1.32 bits per heavy atom. The number of carbonyl (C=O) groups is 1. The van der Waals surface area contributed by atoms with E-state index >= 15 is 0 Å². The summed E-state index contributed by atoms with van der Waals surface area (Å²) in [5.41, 5.74) is 0.627. The van der Waals surface area contributed by atoms with Gasteiger partial charge in [0.05, 0.1) is 12.1 Å². The van der Waals surface area contributed by atoms with Gasteiger partial charge in [-0.05, 0) is 37.2 Å². The molecule has 0 saturated carbocycles. The summed E-state index contributed by atoms with van der Waals surface area (Å²) in [7, 11) is 0. The van der Waals surface area contributed by atoms with E-state index in [4.69, 9.17) is 11.6 Å². The maximum atomic E-state index is 12.8. The summed E-state index contributed by atoms with van der Waals surface area (Å²) in [6, 6.07) is 6.84. The van der Waals surface area contributed by atoms with Crippen molar-refractivity contribution < 1.29 is 9.90 Å². The van der Waals surface area contributed by atoms with Crippen molar-refractivity contribution in [1.82, 2.24) is 9.80 Å². The number of aliphatic hydroxyl groups excluding tert-OH is 1. The predicted molar refractivity (Wildman–Crippen MR) is 89.3 cm³/mol. The van der Waals surface area contributed by atoms with Gasteiger partial charge < -0.3 is 10.0 Å². The van der Waals surface area contributed by atoms with E-state index in [0.717, 1.165) is 25.9 Å². The van der Waals surface area contributed by atoms with Crippen LogP contribution in [-0.2, 0) is 0 Å². The first-order valence-corrected chi connectivity index (χ1v) is 8.41. The zero-order valence-corrected chi connectivity index (χ0v) is 14.1. The highest BCUT2D eigenvalue weighted by molar-refractivity contribution is 6.30. The van der Waals surface area contributed by atoms with Gasteiger partial charge in [-0.2, -0.15) is 0 Å². The van der Waals surface area contributed by atoms with Crippen molar-refractivity contribution in [3.8, 4) is 0 Å². The first-order valence-electron chi connectivity index (χ1n) is 8.03. The number of amides is 1. The summed E-state index contributed by atoms with van der Waals surface area (Å²) in [5, 5.41) is 11.0. The van der Waals surface area contributed by atoms with Crippen LogP contribution in [-0.4, -0.2) is 59.1 Å². The van der Waals surface area contributed by atoms with Gasteiger partial charge in [-0.1, -0.05) is 31.9 Å². The van der Waals surface area contributed by atoms with Gasteiger partial charge in [0, 0.05) is 30.2 Å². The fraction of sp³-hybridized carbons (Fsp3) is 0.588. The molecule has 0 spiro atoms. The highest BCUT2D eigenvalue weighted by Gasteiger charge is 2.37. The number of hydrogen-bond acceptors (Lipinski definition) is 3. The van der Waals surface area contributed by atoms with Crippen LogP contribution in [0.15, 0.2) is 24.3 Å². The Hall–Kier alpha value is -1.10. The molecular formula is C17H25ClN2O2. The van der Waals surface area contributed by atoms with Crippen LogP contribution in [0.25, 0.3) is 0 Å². The van der Waals surface area contributed by atoms with Crippen molar-refractivity contribution in [1.29, 1.82) is 0 Å². The molecule has 22 heavy (non-hydrogen) atoms. The Labute approximate surface area is 137 Å². The first-order chi connectivity index (χ1) is 10.6. The normalized spacial score (nSPS) is 22.0. The third kappa shape index (κ3) is 4.00. The monoisotopic (exact) mass is 324 g/mol. The van der Waals surface area contributed by atoms with Crippen molar-refractivity contribution in [2.45, 2.75) is 38.8 Å². The lowest BCUT2D eigenvalue weighted by atomic mass is 10.1. The fourth-order valence-electron chi connectivity index (χ4n) is 2.92. The van der Waals surface area contributed by atoms with Crippen LogP contribution in [0.1, 0.15) is 37.0 Å². The number of carbonyl (C=O) groups excluding carboxylic acids is 1. The highest BCUT2D eigenvalue weighted by Crippen LogP contribution is 2.20. The minimum Gasteiger partial charge on any atom is -0.390 e. The number of likely N-dealkylation sites (tertiary alicyclic amines) is 1. The number of rotatable bonds is 6. The largest absolute Gasteiger partial charge is 0.390 e. The van der Waals surface area contributed by atoms with Crippen LogP contribution in [0, 0.1) is 0 Å². The molecule has 0 bridgehead atoms. The molecule has 2 atom stereocenters. The number of likely N-dealkylation sites (N-methyl/N-ethyl adjacent to an activating group) is 1. The van der Waals surface area contributed by atoms with E-state index in [0.29, 0.717) is 23.7 Å². The van der Waals surface area contributed by atoms with Crippen molar-refractivity contribution >= 4 is 17.5 Å². The van der Waals surface area contributed by atoms with Gasteiger partial charge in [0.25, 0.3) is 5.91 Å². The quantitative estimate of drug-likeness (QED) is 0.875. The Bertz CT molecular complexity index is 492. The highest BCUT2D eigenvalue weighted by atomic mass is 35.5. The van der Waals surface area contributed by atoms with Gasteiger partial charge >= 0.3 is 0 Å². The van der Waals surface area contributed by atoms with Gasteiger partial charge in [-0.25, -0.2) is 0 Å². The summed E-state index contributed by atoms with van der Waals surface area (Å²) < 4.78 is 0. The fourth-order valence-corrected chi connectivity index (χ4v) is 3.04. The van der Waals surface area contributed by atoms with Crippen LogP contribution in [0.5, 0.6) is 0 Å². The van der Waals surface area contributed by atoms with E-state index in [1.807, 2.05) is 4.90 Å². The van der Waals surface area contributed by atoms with Crippen LogP contribution in [0.4, 0.5) is 0 Å². The minimum absolute atomic E-state index is 0.0212. The Kier molecular flexibility index (Phi) is 6.24. The molecule has 1 aliphatic rings. The van der Waals surface area contributed by atoms with Gasteiger partial charge in [-0.3, -0.25) is 9.69 Å². The van der Waals surface area contributed by atoms with E-state index in [9.17, 15) is 9.90 Å². The molecule has 0 radical (unpaired) electrons. The Morgan fingerprint density at radius 3 is 2.55 bits per heavy atom. The molecule has 1 fully saturated rings. The second kappa shape index (κ2) is 7.95. The third-order valence-corrected chi connectivity index (χ3v) is 4.54. The van der Waals surface area contributed by atoms with Crippen molar-refractivity contribution in [2.24, 2.45) is 0 Å². The summed E-state index contributed by atoms with van der Waals surface area (Å²) in [6.45, 7) is 7.13. The van der Waals surface area contributed by atoms with Gasteiger partial charge in [0.1, 0.15) is 0 Å². The Balaban J connectivity index is 2.18. The van der Waals surface area contributed by atoms with Crippen molar-refractivity contribution in [3.63, 3.8) is 0 Å². The predicted octanol–water partition coefficient (Wildman–Crippen LogP) is 2.65. The molecular weight excluding hydrogens is 300 g/mol. The van der Waals surface area contributed by atoms with Gasteiger partial charge in [0.2, 0.25) is 0 Å². The van der Waals surface area contributed by atoms with Crippen LogP contribution in [0.3, 0.4) is 0 Å². The van der Waals surface area contributed by atoms with Crippen molar-refractivity contribution in [3.05, 3.63) is 34.9 Å². The molecule has 1 amide bonds. The van der Waals surface area contributed by atoms with E-state index in [1.165, 1.54) is 0 Å². The molecule has 0 aliphatic carbocycles. The van der Waals surface area contributed by atoms with E-state index < -0.39 is 6.10 Å². The number of β-amino-alcohol motifs (C(OH)–C–C–N with tert-alkyl or cyclic N) is 1. The number of benzene rings is 1. The molecule has 1 N–H and O–H groups in total. The summed E-state index contributed by atoms with van der Waals surface area (Å²) >= 11 is 5.90. The SMILES string of the molecule is CCCCN(C(=O)c1ccc(Cl)cc1)[C@@H]1CN(CC)C[C@H]1O. The maximum absolute atomic E-state index is 12.8. The first kappa shape index (κ1) is 17.3. The molecule has 2 rings (SSSR count). The molecule has 0 aromatic heterocycles. The standard InChI is InChI=1S/C17H25ClN2O2/c1-3-5-10-20(15-11-19(4-2)12-16(15)21)17(22)13-6-8-14(18)9-7-13/h6-9,15-16,21H,3-5,10-12H2,1-2H3/t15-,16-/m1/s1. The summed E-state index contributed by atoms with van der Waals surface area (Å²) in [4.78, 5) is 16.9. The zero-order chi connectivity index (χ0) is 16.1.